The van der Waals surface area contributed by atoms with E-state index < -0.39 is 12.1 Å². The van der Waals surface area contributed by atoms with Crippen LogP contribution in [0.5, 0.6) is 5.75 Å². The zero-order chi connectivity index (χ0) is 28.1. The maximum atomic E-state index is 13.7. The number of piperidine rings is 1. The van der Waals surface area contributed by atoms with Crippen LogP contribution in [0.2, 0.25) is 0 Å². The third kappa shape index (κ3) is 6.15. The molecule has 3 atom stereocenters. The first kappa shape index (κ1) is 27.3. The van der Waals surface area contributed by atoms with Gasteiger partial charge in [-0.2, -0.15) is 0 Å². The first-order chi connectivity index (χ1) is 19.4. The van der Waals surface area contributed by atoms with Gasteiger partial charge in [0.05, 0.1) is 12.7 Å². The van der Waals surface area contributed by atoms with Crippen molar-refractivity contribution in [3.05, 3.63) is 114 Å². The topological polar surface area (TPSA) is 67.9 Å². The van der Waals surface area contributed by atoms with Crippen LogP contribution in [-0.2, 0) is 4.74 Å². The minimum absolute atomic E-state index is 0.0888. The third-order valence-electron chi connectivity index (χ3n) is 7.75. The van der Waals surface area contributed by atoms with Gasteiger partial charge in [0, 0.05) is 25.7 Å². The summed E-state index contributed by atoms with van der Waals surface area (Å²) in [5, 5.41) is 6.12. The monoisotopic (exact) mass is 540 g/mol. The van der Waals surface area contributed by atoms with E-state index >= 15 is 0 Å². The number of hydrogen-bond donors (Lipinski definition) is 1. The predicted octanol–water partition coefficient (Wildman–Crippen LogP) is 6.72. The average Bonchev–Trinajstić information content (AvgIpc) is 3.00. The zero-order valence-electron chi connectivity index (χ0n) is 22.7. The molecule has 4 aromatic carbocycles. The van der Waals surface area contributed by atoms with E-state index in [1.807, 2.05) is 18.2 Å². The summed E-state index contributed by atoms with van der Waals surface area (Å²) in [6.45, 7) is 3.85. The summed E-state index contributed by atoms with van der Waals surface area (Å²) in [6, 6.07) is 27.8. The van der Waals surface area contributed by atoms with Gasteiger partial charge in [-0.15, -0.1) is 0 Å². The number of halogens is 1. The molecule has 0 bridgehead atoms. The van der Waals surface area contributed by atoms with Crippen LogP contribution in [0.3, 0.4) is 0 Å². The van der Waals surface area contributed by atoms with Gasteiger partial charge < -0.3 is 19.7 Å². The SMILES string of the molecule is COC(=O)c1ccc(OC(=O)N2CCC(c3ccc(F)cc3)C(CN[C@H](C)c3cccc4ccccc34)C2)cc1. The summed E-state index contributed by atoms with van der Waals surface area (Å²) >= 11 is 0. The number of nitrogens with zero attached hydrogens (tertiary/aromatic N) is 1. The number of rotatable bonds is 7. The largest absolute Gasteiger partial charge is 0.465 e. The van der Waals surface area contributed by atoms with E-state index in [9.17, 15) is 14.0 Å². The lowest BCUT2D eigenvalue weighted by molar-refractivity contribution is 0.0600. The van der Waals surface area contributed by atoms with E-state index in [0.717, 1.165) is 12.0 Å². The Bertz CT molecular complexity index is 1470. The fourth-order valence-electron chi connectivity index (χ4n) is 5.56. The molecule has 4 aromatic rings. The molecular formula is C33H33FN2O4. The standard InChI is InChI=1S/C33H33FN2O4/c1-22(29-9-5-7-23-6-3-4-8-31(23)29)35-20-26-21-36(19-18-30(26)24-10-14-27(34)15-11-24)33(38)40-28-16-12-25(13-17-28)32(37)39-2/h3-17,22,26,30,35H,18-21H2,1-2H3/t22-,26?,30?/m1/s1. The van der Waals surface area contributed by atoms with Crippen molar-refractivity contribution in [2.75, 3.05) is 26.7 Å². The molecule has 2 unspecified atom stereocenters. The van der Waals surface area contributed by atoms with E-state index in [-0.39, 0.29) is 23.7 Å². The van der Waals surface area contributed by atoms with Gasteiger partial charge in [-0.1, -0.05) is 54.6 Å². The van der Waals surface area contributed by atoms with Gasteiger partial charge in [0.2, 0.25) is 0 Å². The van der Waals surface area contributed by atoms with Crippen molar-refractivity contribution < 1.29 is 23.5 Å². The molecule has 0 aliphatic carbocycles. The Labute approximate surface area is 233 Å². The molecule has 1 saturated heterocycles. The second-order valence-electron chi connectivity index (χ2n) is 10.2. The van der Waals surface area contributed by atoms with Crippen LogP contribution >= 0.6 is 0 Å². The van der Waals surface area contributed by atoms with Crippen LogP contribution in [0.15, 0.2) is 91.0 Å². The summed E-state index contributed by atoms with van der Waals surface area (Å²) in [7, 11) is 1.32. The number of amides is 1. The molecule has 1 aliphatic heterocycles. The lowest BCUT2D eigenvalue weighted by atomic mass is 9.80. The lowest BCUT2D eigenvalue weighted by Gasteiger charge is -2.39. The molecule has 1 N–H and O–H groups in total. The van der Waals surface area contributed by atoms with E-state index in [0.29, 0.717) is 30.9 Å². The number of likely N-dealkylation sites (tertiary alicyclic amines) is 1. The van der Waals surface area contributed by atoms with Crippen molar-refractivity contribution in [3.63, 3.8) is 0 Å². The van der Waals surface area contributed by atoms with Crippen LogP contribution < -0.4 is 10.1 Å². The number of hydrogen-bond acceptors (Lipinski definition) is 5. The molecule has 1 amide bonds. The maximum Gasteiger partial charge on any atom is 0.415 e. The second kappa shape index (κ2) is 12.3. The molecule has 0 aromatic heterocycles. The molecule has 0 radical (unpaired) electrons. The Morgan fingerprint density at radius 2 is 1.70 bits per heavy atom. The fraction of sp³-hybridized carbons (Fsp3) is 0.273. The van der Waals surface area contributed by atoms with Crippen molar-refractivity contribution in [1.82, 2.24) is 10.2 Å². The maximum absolute atomic E-state index is 13.7. The second-order valence-corrected chi connectivity index (χ2v) is 10.2. The number of ether oxygens (including phenoxy) is 2. The average molecular weight is 541 g/mol. The van der Waals surface area contributed by atoms with E-state index in [2.05, 4.69) is 48.6 Å². The number of nitrogens with one attached hydrogen (secondary N) is 1. The minimum atomic E-state index is -0.450. The van der Waals surface area contributed by atoms with Crippen molar-refractivity contribution in [2.45, 2.75) is 25.3 Å². The van der Waals surface area contributed by atoms with Crippen molar-refractivity contribution in [3.8, 4) is 5.75 Å². The summed E-state index contributed by atoms with van der Waals surface area (Å²) in [5.41, 5.74) is 2.67. The lowest BCUT2D eigenvalue weighted by Crippen LogP contribution is -2.47. The molecule has 0 saturated carbocycles. The van der Waals surface area contributed by atoms with Gasteiger partial charge in [0.15, 0.2) is 0 Å². The quantitative estimate of drug-likeness (QED) is 0.264. The highest BCUT2D eigenvalue weighted by Crippen LogP contribution is 2.34. The normalized spacial score (nSPS) is 17.8. The first-order valence-electron chi connectivity index (χ1n) is 13.5. The highest BCUT2D eigenvalue weighted by Gasteiger charge is 2.33. The molecular weight excluding hydrogens is 507 g/mol. The fourth-order valence-corrected chi connectivity index (χ4v) is 5.56. The van der Waals surface area contributed by atoms with Gasteiger partial charge in [-0.3, -0.25) is 0 Å². The van der Waals surface area contributed by atoms with Crippen molar-refractivity contribution in [2.24, 2.45) is 5.92 Å². The van der Waals surface area contributed by atoms with Crippen LogP contribution in [0.25, 0.3) is 10.8 Å². The van der Waals surface area contributed by atoms with Crippen LogP contribution in [0, 0.1) is 11.7 Å². The van der Waals surface area contributed by atoms with E-state index in [1.165, 1.54) is 35.6 Å². The third-order valence-corrected chi connectivity index (χ3v) is 7.75. The van der Waals surface area contributed by atoms with Gasteiger partial charge in [-0.25, -0.2) is 14.0 Å². The highest BCUT2D eigenvalue weighted by molar-refractivity contribution is 5.89. The van der Waals surface area contributed by atoms with Crippen LogP contribution in [-0.4, -0.2) is 43.7 Å². The van der Waals surface area contributed by atoms with Crippen LogP contribution in [0.1, 0.15) is 46.8 Å². The number of esters is 1. The molecule has 7 heteroatoms. The summed E-state index contributed by atoms with van der Waals surface area (Å²) in [5.74, 6) is -0.101. The van der Waals surface area contributed by atoms with Crippen molar-refractivity contribution >= 4 is 22.8 Å². The molecule has 6 nitrogen and oxygen atoms in total. The smallest absolute Gasteiger partial charge is 0.415 e. The summed E-state index contributed by atoms with van der Waals surface area (Å²) < 4.78 is 24.0. The zero-order valence-corrected chi connectivity index (χ0v) is 22.7. The summed E-state index contributed by atoms with van der Waals surface area (Å²) in [4.78, 5) is 26.5. The van der Waals surface area contributed by atoms with Gasteiger partial charge in [0.25, 0.3) is 0 Å². The Kier molecular flexibility index (Phi) is 8.41. The van der Waals surface area contributed by atoms with Crippen molar-refractivity contribution in [1.29, 1.82) is 0 Å². The molecule has 206 valence electrons. The van der Waals surface area contributed by atoms with Gasteiger partial charge in [0.1, 0.15) is 11.6 Å². The van der Waals surface area contributed by atoms with E-state index in [4.69, 9.17) is 9.47 Å². The molecule has 0 spiro atoms. The molecule has 1 fully saturated rings. The van der Waals surface area contributed by atoms with Gasteiger partial charge in [-0.05, 0) is 83.5 Å². The van der Waals surface area contributed by atoms with Crippen LogP contribution in [0.4, 0.5) is 9.18 Å². The summed E-state index contributed by atoms with van der Waals surface area (Å²) in [6.07, 6.45) is 0.298. The molecule has 5 rings (SSSR count). The minimum Gasteiger partial charge on any atom is -0.465 e. The number of methoxy groups -OCH3 is 1. The Morgan fingerprint density at radius 1 is 0.975 bits per heavy atom. The number of fused-ring (bicyclic) bond motifs is 1. The first-order valence-corrected chi connectivity index (χ1v) is 13.5. The Hall–Kier alpha value is -4.23. The Morgan fingerprint density at radius 3 is 2.45 bits per heavy atom. The molecule has 1 aliphatic rings. The highest BCUT2D eigenvalue weighted by atomic mass is 19.1. The van der Waals surface area contributed by atoms with E-state index in [1.54, 1.807) is 29.2 Å². The molecule has 40 heavy (non-hydrogen) atoms. The number of carbonyl (C=O) groups excluding carboxylic acids is 2. The van der Waals surface area contributed by atoms with Gasteiger partial charge >= 0.3 is 12.1 Å². The number of carbonyl (C=O) groups is 2. The number of benzene rings is 4. The Balaban J connectivity index is 1.30. The molecule has 1 heterocycles. The predicted molar refractivity (Wildman–Crippen MR) is 153 cm³/mol.